The highest BCUT2D eigenvalue weighted by Gasteiger charge is 2.06. The predicted molar refractivity (Wildman–Crippen MR) is 42.7 cm³/mol. The molecule has 0 amide bonds. The number of rotatable bonds is 1. The minimum atomic E-state index is 0.147. The first-order chi connectivity index (χ1) is 5.15. The molecule has 5 heteroatoms. The quantitative estimate of drug-likeness (QED) is 0.645. The number of methoxy groups -OCH3 is 1. The second-order valence-electron chi connectivity index (χ2n) is 2.00. The van der Waals surface area contributed by atoms with Crippen molar-refractivity contribution in [2.24, 2.45) is 0 Å². The average Bonchev–Trinajstić information content (AvgIpc) is 1.96. The first-order valence-electron chi connectivity index (χ1n) is 2.98. The maximum atomic E-state index is 5.55. The van der Waals surface area contributed by atoms with Gasteiger partial charge in [0.05, 0.1) is 12.8 Å². The zero-order valence-corrected chi connectivity index (χ0v) is 7.01. The number of nitrogen functional groups attached to an aromatic ring is 1. The highest BCUT2D eigenvalue weighted by atomic mass is 35.5. The van der Waals surface area contributed by atoms with E-state index in [0.717, 1.165) is 0 Å². The number of aromatic nitrogens is 2. The summed E-state index contributed by atoms with van der Waals surface area (Å²) in [5.74, 6) is 0.322. The fraction of sp³-hybridized carbons (Fsp3) is 0.333. The number of hydrogen-bond donors (Lipinski definition) is 1. The Hall–Kier alpha value is -1.03. The molecule has 1 rings (SSSR count). The standard InChI is InChI=1S/C6H8ClN3O/c1-3-4(8)5(11-2)10-6(7)9-3/h8H2,1-2H3. The molecule has 1 heterocycles. The van der Waals surface area contributed by atoms with Gasteiger partial charge >= 0.3 is 0 Å². The van der Waals surface area contributed by atoms with Gasteiger partial charge in [-0.1, -0.05) is 0 Å². The zero-order valence-electron chi connectivity index (χ0n) is 6.26. The number of nitrogens with zero attached hydrogens (tertiary/aromatic N) is 2. The number of nitrogens with two attached hydrogens (primary N) is 1. The summed E-state index contributed by atoms with van der Waals surface area (Å²) in [6.45, 7) is 1.74. The van der Waals surface area contributed by atoms with Gasteiger partial charge in [-0.05, 0) is 18.5 Å². The van der Waals surface area contributed by atoms with E-state index < -0.39 is 0 Å². The van der Waals surface area contributed by atoms with Crippen molar-refractivity contribution in [2.45, 2.75) is 6.92 Å². The Morgan fingerprint density at radius 3 is 2.64 bits per heavy atom. The Bertz CT molecular complexity index is 277. The van der Waals surface area contributed by atoms with E-state index in [1.807, 2.05) is 0 Å². The van der Waals surface area contributed by atoms with Gasteiger partial charge in [-0.3, -0.25) is 0 Å². The molecule has 60 valence electrons. The lowest BCUT2D eigenvalue weighted by Gasteiger charge is -2.04. The summed E-state index contributed by atoms with van der Waals surface area (Å²) >= 11 is 5.54. The van der Waals surface area contributed by atoms with Crippen molar-refractivity contribution in [1.29, 1.82) is 0 Å². The Balaban J connectivity index is 3.24. The van der Waals surface area contributed by atoms with Crippen molar-refractivity contribution in [2.75, 3.05) is 12.8 Å². The van der Waals surface area contributed by atoms with Crippen LogP contribution in [0, 0.1) is 6.92 Å². The van der Waals surface area contributed by atoms with Gasteiger partial charge in [0.1, 0.15) is 5.69 Å². The minimum Gasteiger partial charge on any atom is -0.479 e. The molecule has 0 saturated heterocycles. The highest BCUT2D eigenvalue weighted by Crippen LogP contribution is 2.21. The van der Waals surface area contributed by atoms with Crippen LogP contribution in [0.2, 0.25) is 5.28 Å². The predicted octanol–water partition coefficient (Wildman–Crippen LogP) is 1.03. The molecule has 1 aromatic heterocycles. The van der Waals surface area contributed by atoms with E-state index >= 15 is 0 Å². The summed E-state index contributed by atoms with van der Waals surface area (Å²) in [6, 6.07) is 0. The highest BCUT2D eigenvalue weighted by molar-refractivity contribution is 6.28. The SMILES string of the molecule is COc1nc(Cl)nc(C)c1N. The largest absolute Gasteiger partial charge is 0.479 e. The van der Waals surface area contributed by atoms with Crippen molar-refractivity contribution in [3.05, 3.63) is 11.0 Å². The van der Waals surface area contributed by atoms with E-state index in [9.17, 15) is 0 Å². The molecule has 11 heavy (non-hydrogen) atoms. The molecule has 0 saturated carbocycles. The van der Waals surface area contributed by atoms with Gasteiger partial charge in [0.25, 0.3) is 0 Å². The molecule has 0 atom stereocenters. The van der Waals surface area contributed by atoms with Crippen LogP contribution < -0.4 is 10.5 Å². The molecule has 0 aliphatic heterocycles. The zero-order chi connectivity index (χ0) is 8.43. The molecule has 0 aliphatic carbocycles. The Labute approximate surface area is 69.4 Å². The molecule has 2 N–H and O–H groups in total. The number of aryl methyl sites for hydroxylation is 1. The number of halogens is 1. The molecular formula is C6H8ClN3O. The first kappa shape index (κ1) is 8.07. The van der Waals surface area contributed by atoms with Gasteiger partial charge in [-0.15, -0.1) is 0 Å². The summed E-state index contributed by atoms with van der Waals surface area (Å²) < 4.78 is 4.85. The summed E-state index contributed by atoms with van der Waals surface area (Å²) in [7, 11) is 1.48. The Morgan fingerprint density at radius 2 is 2.09 bits per heavy atom. The van der Waals surface area contributed by atoms with Crippen LogP contribution in [0.15, 0.2) is 0 Å². The van der Waals surface area contributed by atoms with Gasteiger partial charge in [-0.25, -0.2) is 4.98 Å². The van der Waals surface area contributed by atoms with Crippen molar-refractivity contribution >= 4 is 17.3 Å². The summed E-state index contributed by atoms with van der Waals surface area (Å²) in [5.41, 5.74) is 6.61. The molecule has 0 unspecified atom stereocenters. The second-order valence-corrected chi connectivity index (χ2v) is 2.34. The van der Waals surface area contributed by atoms with E-state index in [0.29, 0.717) is 17.3 Å². The molecule has 0 aliphatic rings. The minimum absolute atomic E-state index is 0.147. The van der Waals surface area contributed by atoms with Gasteiger partial charge in [0.2, 0.25) is 11.2 Å². The summed E-state index contributed by atoms with van der Waals surface area (Å²) in [4.78, 5) is 7.59. The van der Waals surface area contributed by atoms with Crippen LogP contribution in [0.25, 0.3) is 0 Å². The van der Waals surface area contributed by atoms with E-state index in [1.165, 1.54) is 7.11 Å². The van der Waals surface area contributed by atoms with E-state index in [4.69, 9.17) is 22.1 Å². The smallest absolute Gasteiger partial charge is 0.241 e. The normalized spacial score (nSPS) is 9.73. The lowest BCUT2D eigenvalue weighted by Crippen LogP contribution is -2.00. The third-order valence-electron chi connectivity index (χ3n) is 1.27. The van der Waals surface area contributed by atoms with Crippen molar-refractivity contribution in [1.82, 2.24) is 9.97 Å². The second kappa shape index (κ2) is 2.92. The van der Waals surface area contributed by atoms with Crippen LogP contribution in [-0.2, 0) is 0 Å². The number of anilines is 1. The van der Waals surface area contributed by atoms with Gasteiger partial charge in [0, 0.05) is 0 Å². The summed E-state index contributed by atoms with van der Waals surface area (Å²) in [5, 5.41) is 0.147. The number of hydrogen-bond acceptors (Lipinski definition) is 4. The Kier molecular flexibility index (Phi) is 2.14. The molecule has 0 fully saturated rings. The van der Waals surface area contributed by atoms with Crippen LogP contribution in [0.3, 0.4) is 0 Å². The van der Waals surface area contributed by atoms with E-state index in [2.05, 4.69) is 9.97 Å². The lowest BCUT2D eigenvalue weighted by atomic mass is 10.4. The van der Waals surface area contributed by atoms with Crippen LogP contribution in [0.5, 0.6) is 5.88 Å². The van der Waals surface area contributed by atoms with Crippen LogP contribution in [0.4, 0.5) is 5.69 Å². The fourth-order valence-corrected chi connectivity index (χ4v) is 0.882. The van der Waals surface area contributed by atoms with Crippen molar-refractivity contribution in [3.8, 4) is 5.88 Å². The van der Waals surface area contributed by atoms with Crippen molar-refractivity contribution in [3.63, 3.8) is 0 Å². The average molecular weight is 174 g/mol. The van der Waals surface area contributed by atoms with Crippen LogP contribution >= 0.6 is 11.6 Å². The maximum absolute atomic E-state index is 5.55. The lowest BCUT2D eigenvalue weighted by molar-refractivity contribution is 0.399. The monoisotopic (exact) mass is 173 g/mol. The third-order valence-corrected chi connectivity index (χ3v) is 1.44. The third kappa shape index (κ3) is 1.51. The molecule has 0 radical (unpaired) electrons. The van der Waals surface area contributed by atoms with Crippen LogP contribution in [-0.4, -0.2) is 17.1 Å². The first-order valence-corrected chi connectivity index (χ1v) is 3.36. The topological polar surface area (TPSA) is 61.0 Å². The Morgan fingerprint density at radius 1 is 1.45 bits per heavy atom. The van der Waals surface area contributed by atoms with Crippen LogP contribution in [0.1, 0.15) is 5.69 Å². The molecule has 4 nitrogen and oxygen atoms in total. The molecule has 0 bridgehead atoms. The summed E-state index contributed by atoms with van der Waals surface area (Å²) in [6.07, 6.45) is 0. The van der Waals surface area contributed by atoms with E-state index in [1.54, 1.807) is 6.92 Å². The molecule has 0 aromatic carbocycles. The van der Waals surface area contributed by atoms with Crippen molar-refractivity contribution < 1.29 is 4.74 Å². The molecule has 1 aromatic rings. The molecule has 0 spiro atoms. The van der Waals surface area contributed by atoms with E-state index in [-0.39, 0.29) is 5.28 Å². The van der Waals surface area contributed by atoms with Gasteiger partial charge in [-0.2, -0.15) is 4.98 Å². The molecular weight excluding hydrogens is 166 g/mol. The fourth-order valence-electron chi connectivity index (χ4n) is 0.678. The van der Waals surface area contributed by atoms with Gasteiger partial charge in [0.15, 0.2) is 0 Å². The van der Waals surface area contributed by atoms with Gasteiger partial charge < -0.3 is 10.5 Å². The maximum Gasteiger partial charge on any atom is 0.241 e. The number of ether oxygens (including phenoxy) is 1.